The van der Waals surface area contributed by atoms with Crippen LogP contribution in [0.4, 0.5) is 0 Å². The number of nitrogens with zero attached hydrogens (tertiary/aromatic N) is 5. The summed E-state index contributed by atoms with van der Waals surface area (Å²) >= 11 is 2.11. The molecule has 6 rings (SSSR count). The number of phenolic OH excluding ortho intramolecular Hbond substituents is 2. The second kappa shape index (κ2) is 15.2. The van der Waals surface area contributed by atoms with Crippen LogP contribution < -0.4 is 21.0 Å². The van der Waals surface area contributed by atoms with Crippen LogP contribution >= 0.6 is 23.5 Å². The zero-order valence-electron chi connectivity index (χ0n) is 27.1. The van der Waals surface area contributed by atoms with E-state index >= 15 is 0 Å². The van der Waals surface area contributed by atoms with Gasteiger partial charge in [0.1, 0.15) is 46.6 Å². The smallest absolute Gasteiger partial charge is 0.352 e. The predicted molar refractivity (Wildman–Crippen MR) is 181 cm³/mol. The Bertz CT molecular complexity index is 2310. The monoisotopic (exact) mass is 783 g/mol. The number of hydrogen-bond donors (Lipinski definition) is 7. The SMILES string of the molecule is O=C(O)COc1ccc(C(NC(=O)c2cc3cc(O)c(O)cc3oc2=O)C(=O)N[C@@H]2C(=O)N3C(C(=O)O)=C(CSc4nnnn4CC(=O)O)CS[C@H]23)cc1. The number of hydrogen-bond acceptors (Lipinski definition) is 16. The van der Waals surface area contributed by atoms with Gasteiger partial charge in [-0.1, -0.05) is 23.9 Å². The van der Waals surface area contributed by atoms with Gasteiger partial charge in [-0.2, -0.15) is 0 Å². The molecule has 280 valence electrons. The van der Waals surface area contributed by atoms with Crippen LogP contribution in [0.2, 0.25) is 0 Å². The molecule has 0 radical (unpaired) electrons. The Morgan fingerprint density at radius 1 is 1.02 bits per heavy atom. The van der Waals surface area contributed by atoms with Crippen molar-refractivity contribution in [2.45, 2.75) is 29.2 Å². The highest BCUT2D eigenvalue weighted by molar-refractivity contribution is 8.01. The van der Waals surface area contributed by atoms with Crippen LogP contribution in [-0.2, 0) is 30.5 Å². The molecule has 54 heavy (non-hydrogen) atoms. The number of nitrogens with one attached hydrogen (secondary N) is 2. The van der Waals surface area contributed by atoms with Crippen LogP contribution in [0.1, 0.15) is 22.0 Å². The molecule has 2 aromatic carbocycles. The summed E-state index contributed by atoms with van der Waals surface area (Å²) < 4.78 is 11.3. The van der Waals surface area contributed by atoms with Crippen molar-refractivity contribution in [3.05, 3.63) is 75.3 Å². The topological polar surface area (TPSA) is 314 Å². The molecule has 1 saturated heterocycles. The normalized spacial score (nSPS) is 17.0. The summed E-state index contributed by atoms with van der Waals surface area (Å²) in [6, 6.07) is 5.54. The number of benzene rings is 2. The minimum Gasteiger partial charge on any atom is -0.504 e. The molecule has 3 atom stereocenters. The summed E-state index contributed by atoms with van der Waals surface area (Å²) in [5.74, 6) is -7.64. The van der Waals surface area contributed by atoms with E-state index in [1.165, 1.54) is 24.3 Å². The number of aliphatic carboxylic acids is 3. The molecule has 4 heterocycles. The lowest BCUT2D eigenvalue weighted by atomic mass is 10.0. The molecule has 3 amide bonds. The number of β-lactam (4-membered cyclic amide) rings is 1. The molecule has 1 unspecified atom stereocenters. The Hall–Kier alpha value is -6.62. The van der Waals surface area contributed by atoms with Gasteiger partial charge < -0.3 is 45.3 Å². The second-order valence-electron chi connectivity index (χ2n) is 11.4. The number of carboxylic acid groups (broad SMARTS) is 3. The average Bonchev–Trinajstić information content (AvgIpc) is 3.56. The summed E-state index contributed by atoms with van der Waals surface area (Å²) in [4.78, 5) is 89.0. The molecule has 2 aliphatic rings. The largest absolute Gasteiger partial charge is 0.504 e. The molecule has 7 N–H and O–H groups in total. The number of phenols is 2. The molecule has 21 nitrogen and oxygen atoms in total. The number of carbonyl (C=O) groups excluding carboxylic acids is 3. The second-order valence-corrected chi connectivity index (χ2v) is 13.5. The van der Waals surface area contributed by atoms with Gasteiger partial charge in [-0.3, -0.25) is 24.1 Å². The number of carboxylic acids is 3. The van der Waals surface area contributed by atoms with E-state index < -0.39 is 88.9 Å². The lowest BCUT2D eigenvalue weighted by Crippen LogP contribution is -2.71. The molecule has 4 aromatic rings. The highest BCUT2D eigenvalue weighted by atomic mass is 32.2. The number of fused-ring (bicyclic) bond motifs is 2. The lowest BCUT2D eigenvalue weighted by Gasteiger charge is -2.49. The van der Waals surface area contributed by atoms with Crippen LogP contribution in [0, 0.1) is 0 Å². The summed E-state index contributed by atoms with van der Waals surface area (Å²) in [5.41, 5.74) is -1.80. The molecule has 0 bridgehead atoms. The number of thioether (sulfide) groups is 2. The molecule has 0 saturated carbocycles. The van der Waals surface area contributed by atoms with Crippen molar-refractivity contribution in [2.24, 2.45) is 0 Å². The van der Waals surface area contributed by atoms with Crippen molar-refractivity contribution < 1.29 is 63.5 Å². The molecular weight excluding hydrogens is 759 g/mol. The molecule has 2 aromatic heterocycles. The number of aromatic hydroxyl groups is 2. The van der Waals surface area contributed by atoms with Crippen LogP contribution in [0.25, 0.3) is 11.0 Å². The first-order chi connectivity index (χ1) is 25.7. The van der Waals surface area contributed by atoms with E-state index in [4.69, 9.17) is 19.4 Å². The minimum atomic E-state index is -1.59. The fraction of sp³-hybridized carbons (Fsp3) is 0.226. The van der Waals surface area contributed by atoms with Gasteiger partial charge in [0.2, 0.25) is 11.1 Å². The van der Waals surface area contributed by atoms with Crippen LogP contribution in [-0.4, -0.2) is 116 Å². The fourth-order valence-electron chi connectivity index (χ4n) is 5.42. The van der Waals surface area contributed by atoms with Gasteiger partial charge >= 0.3 is 23.5 Å². The number of tetrazole rings is 1. The highest BCUT2D eigenvalue weighted by Crippen LogP contribution is 2.42. The van der Waals surface area contributed by atoms with Crippen molar-refractivity contribution in [1.29, 1.82) is 0 Å². The van der Waals surface area contributed by atoms with Gasteiger partial charge in [0.15, 0.2) is 18.1 Å². The summed E-state index contributed by atoms with van der Waals surface area (Å²) in [7, 11) is 0. The zero-order valence-corrected chi connectivity index (χ0v) is 28.7. The number of carbonyl (C=O) groups is 6. The molecule has 2 aliphatic heterocycles. The Kier molecular flexibility index (Phi) is 10.4. The van der Waals surface area contributed by atoms with Crippen molar-refractivity contribution in [3.63, 3.8) is 0 Å². The fourth-order valence-corrected chi connectivity index (χ4v) is 7.78. The van der Waals surface area contributed by atoms with Gasteiger partial charge in [0.25, 0.3) is 11.8 Å². The van der Waals surface area contributed by atoms with Crippen molar-refractivity contribution in [1.82, 2.24) is 35.7 Å². The first kappa shape index (κ1) is 37.1. The summed E-state index contributed by atoms with van der Waals surface area (Å²) in [6.45, 7) is -1.19. The Balaban J connectivity index is 1.23. The van der Waals surface area contributed by atoms with Crippen molar-refractivity contribution >= 4 is 70.1 Å². The molecule has 0 spiro atoms. The lowest BCUT2D eigenvalue weighted by molar-refractivity contribution is -0.151. The Morgan fingerprint density at radius 2 is 1.74 bits per heavy atom. The van der Waals surface area contributed by atoms with E-state index in [1.807, 2.05) is 0 Å². The molecular formula is C31H25N7O14S2. The van der Waals surface area contributed by atoms with Gasteiger partial charge in [0.05, 0.1) is 0 Å². The zero-order chi connectivity index (χ0) is 38.8. The first-order valence-corrected chi connectivity index (χ1v) is 17.3. The number of aromatic nitrogens is 4. The third kappa shape index (κ3) is 7.61. The van der Waals surface area contributed by atoms with Gasteiger partial charge in [0, 0.05) is 23.0 Å². The third-order valence-corrected chi connectivity index (χ3v) is 10.3. The Morgan fingerprint density at radius 3 is 2.43 bits per heavy atom. The highest BCUT2D eigenvalue weighted by Gasteiger charge is 2.54. The van der Waals surface area contributed by atoms with E-state index in [-0.39, 0.29) is 44.6 Å². The maximum absolute atomic E-state index is 13.9. The summed E-state index contributed by atoms with van der Waals surface area (Å²) in [6.07, 6.45) is 0. The standard InChI is InChI=1S/C31H25N7O14S2/c39-17-6-13-5-16(30(50)52-19(13)7-18(17)40)25(45)32-22(12-1-3-15(4-2-12)51-9-21(43)44)26(46)33-23-27(47)38-24(29(48)49)14(10-53-28(23)38)11-54-31-34-35-36-37(31)8-20(41)42/h1-7,22-23,28,39-40H,8-11H2,(H,32,45)(H,33,46)(H,41,42)(H,43,44)(H,48,49)/t22?,23-,28-/m1/s1. The van der Waals surface area contributed by atoms with Gasteiger partial charge in [-0.05, 0) is 45.8 Å². The van der Waals surface area contributed by atoms with Gasteiger partial charge in [-0.15, -0.1) is 16.9 Å². The first-order valence-electron chi connectivity index (χ1n) is 15.3. The molecule has 1 fully saturated rings. The predicted octanol–water partition coefficient (Wildman–Crippen LogP) is -0.259. The van der Waals surface area contributed by atoms with Crippen LogP contribution in [0.3, 0.4) is 0 Å². The average molecular weight is 784 g/mol. The Labute approximate surface area is 308 Å². The van der Waals surface area contributed by atoms with E-state index in [2.05, 4.69) is 26.2 Å². The van der Waals surface area contributed by atoms with Crippen LogP contribution in [0.15, 0.2) is 68.1 Å². The molecule has 23 heteroatoms. The maximum Gasteiger partial charge on any atom is 0.352 e. The summed E-state index contributed by atoms with van der Waals surface area (Å²) in [5, 5.41) is 62.7. The van der Waals surface area contributed by atoms with Crippen molar-refractivity contribution in [3.8, 4) is 17.2 Å². The van der Waals surface area contributed by atoms with E-state index in [0.29, 0.717) is 5.57 Å². The number of rotatable bonds is 14. The molecule has 0 aliphatic carbocycles. The minimum absolute atomic E-state index is 0.00796. The van der Waals surface area contributed by atoms with Gasteiger partial charge in [-0.25, -0.2) is 19.1 Å². The third-order valence-electron chi connectivity index (χ3n) is 7.89. The quantitative estimate of drug-likeness (QED) is 0.0375. The van der Waals surface area contributed by atoms with E-state index in [1.54, 1.807) is 0 Å². The maximum atomic E-state index is 13.9. The number of amides is 3. The van der Waals surface area contributed by atoms with Crippen molar-refractivity contribution in [2.75, 3.05) is 18.1 Å². The van der Waals surface area contributed by atoms with Crippen LogP contribution in [0.5, 0.6) is 17.2 Å². The van der Waals surface area contributed by atoms with E-state index in [0.717, 1.165) is 51.3 Å². The number of ether oxygens (including phenoxy) is 1. The van der Waals surface area contributed by atoms with E-state index in [9.17, 15) is 48.9 Å².